The number of carbonyl (C=O) groups excluding carboxylic acids is 2. The third kappa shape index (κ3) is 4.71. The fraction of sp³-hybridized carbons (Fsp3) is 0.269. The van der Waals surface area contributed by atoms with Gasteiger partial charge in [-0.15, -0.1) is 0 Å². The number of hydrogen-bond donors (Lipinski definition) is 1. The highest BCUT2D eigenvalue weighted by atomic mass is 19.4. The van der Waals surface area contributed by atoms with E-state index in [0.717, 1.165) is 24.0 Å². The minimum atomic E-state index is -4.91. The lowest BCUT2D eigenvalue weighted by Crippen LogP contribution is -2.36. The zero-order valence-corrected chi connectivity index (χ0v) is 18.5. The molecule has 0 radical (unpaired) electrons. The normalized spacial score (nSPS) is 15.5. The smallest absolute Gasteiger partial charge is 0.454 e. The number of ether oxygens (including phenoxy) is 2. The Morgan fingerprint density at radius 1 is 1.00 bits per heavy atom. The average Bonchev–Trinajstić information content (AvgIpc) is 3.53. The fourth-order valence-electron chi connectivity index (χ4n) is 4.20. The third-order valence-corrected chi connectivity index (χ3v) is 6.32. The molecule has 6 nitrogen and oxygen atoms in total. The average molecular weight is 484 g/mol. The van der Waals surface area contributed by atoms with Gasteiger partial charge in [-0.2, -0.15) is 13.2 Å². The molecule has 0 unspecified atom stereocenters. The number of alkyl halides is 3. The molecule has 2 aromatic carbocycles. The van der Waals surface area contributed by atoms with E-state index in [1.54, 1.807) is 36.4 Å². The molecule has 0 saturated heterocycles. The second kappa shape index (κ2) is 8.72. The van der Waals surface area contributed by atoms with Crippen LogP contribution in [0.15, 0.2) is 60.7 Å². The van der Waals surface area contributed by atoms with Gasteiger partial charge in [0.2, 0.25) is 6.79 Å². The molecule has 1 amide bonds. The molecule has 2 heterocycles. The predicted octanol–water partition coefficient (Wildman–Crippen LogP) is 4.75. The summed E-state index contributed by atoms with van der Waals surface area (Å²) in [6.07, 6.45) is -3.18. The van der Waals surface area contributed by atoms with Crippen LogP contribution in [0.5, 0.6) is 11.5 Å². The largest absolute Gasteiger partial charge is 0.471 e. The molecule has 0 spiro atoms. The molecule has 1 N–H and O–H groups in total. The molecule has 35 heavy (non-hydrogen) atoms. The molecule has 1 fully saturated rings. The standard InChI is InChI=1S/C26H21F3N2O4.H2/c27-26(28,29)24(33)30-14-16-4-6-17(7-5-16)20-3-1-2-19(31-20)13-23(32)25(10-11-25)18-8-9-21-22(12-18)35-15-34-21;/h1-9,12H,10-11,13-15H2,(H,30,33);1H. The molecule has 0 bridgehead atoms. The van der Waals surface area contributed by atoms with Crippen LogP contribution in [0.1, 0.15) is 31.1 Å². The fourth-order valence-corrected chi connectivity index (χ4v) is 4.20. The van der Waals surface area contributed by atoms with Crippen molar-refractivity contribution in [2.45, 2.75) is 37.4 Å². The maximum atomic E-state index is 13.3. The van der Waals surface area contributed by atoms with Gasteiger partial charge in [0.1, 0.15) is 5.78 Å². The van der Waals surface area contributed by atoms with Gasteiger partial charge in [-0.05, 0) is 48.2 Å². The van der Waals surface area contributed by atoms with E-state index in [9.17, 15) is 22.8 Å². The van der Waals surface area contributed by atoms with Gasteiger partial charge in [-0.1, -0.05) is 36.4 Å². The van der Waals surface area contributed by atoms with Gasteiger partial charge in [-0.3, -0.25) is 14.6 Å². The first-order valence-electron chi connectivity index (χ1n) is 11.1. The summed E-state index contributed by atoms with van der Waals surface area (Å²) >= 11 is 0. The molecular weight excluding hydrogens is 461 g/mol. The SMILES string of the molecule is O=C(NCc1ccc(-c2cccc(CC(=O)C3(c4ccc5c(c4)OCO5)CC3)n2)cc1)C(F)(F)F.[HH]. The van der Waals surface area contributed by atoms with Crippen LogP contribution >= 0.6 is 0 Å². The number of amides is 1. The van der Waals surface area contributed by atoms with Crippen molar-refractivity contribution >= 4 is 11.7 Å². The summed E-state index contributed by atoms with van der Waals surface area (Å²) in [5.41, 5.74) is 2.96. The molecule has 0 atom stereocenters. The van der Waals surface area contributed by atoms with Crippen molar-refractivity contribution in [3.05, 3.63) is 77.5 Å². The van der Waals surface area contributed by atoms with Gasteiger partial charge in [0, 0.05) is 25.6 Å². The van der Waals surface area contributed by atoms with E-state index < -0.39 is 17.5 Å². The molecule has 3 aromatic rings. The van der Waals surface area contributed by atoms with Gasteiger partial charge in [0.25, 0.3) is 0 Å². The van der Waals surface area contributed by atoms with Crippen LogP contribution in [-0.2, 0) is 28.0 Å². The van der Waals surface area contributed by atoms with Crippen LogP contribution in [0.25, 0.3) is 11.3 Å². The van der Waals surface area contributed by atoms with Crippen LogP contribution in [-0.4, -0.2) is 29.6 Å². The highest BCUT2D eigenvalue weighted by Crippen LogP contribution is 2.51. The van der Waals surface area contributed by atoms with E-state index >= 15 is 0 Å². The van der Waals surface area contributed by atoms with Crippen LogP contribution in [0.2, 0.25) is 0 Å². The van der Waals surface area contributed by atoms with Crippen LogP contribution in [0, 0.1) is 0 Å². The van der Waals surface area contributed by atoms with Crippen LogP contribution in [0.3, 0.4) is 0 Å². The minimum Gasteiger partial charge on any atom is -0.454 e. The van der Waals surface area contributed by atoms with Gasteiger partial charge >= 0.3 is 12.1 Å². The quantitative estimate of drug-likeness (QED) is 0.524. The van der Waals surface area contributed by atoms with Gasteiger partial charge < -0.3 is 14.8 Å². The molecule has 1 aliphatic heterocycles. The van der Waals surface area contributed by atoms with E-state index in [1.807, 2.05) is 29.6 Å². The van der Waals surface area contributed by atoms with E-state index in [2.05, 4.69) is 4.98 Å². The number of carbonyl (C=O) groups is 2. The molecule has 182 valence electrons. The molecule has 9 heteroatoms. The van der Waals surface area contributed by atoms with Crippen molar-refractivity contribution in [2.75, 3.05) is 6.79 Å². The number of ketones is 1. The summed E-state index contributed by atoms with van der Waals surface area (Å²) in [5, 5.41) is 1.84. The van der Waals surface area contributed by atoms with E-state index in [4.69, 9.17) is 9.47 Å². The maximum Gasteiger partial charge on any atom is 0.471 e. The molecule has 1 aromatic heterocycles. The zero-order valence-electron chi connectivity index (χ0n) is 18.5. The zero-order chi connectivity index (χ0) is 24.6. The van der Waals surface area contributed by atoms with E-state index in [-0.39, 0.29) is 27.0 Å². The first kappa shape index (κ1) is 22.9. The Bertz CT molecular complexity index is 1290. The highest BCUT2D eigenvalue weighted by molar-refractivity contribution is 5.94. The topological polar surface area (TPSA) is 77.5 Å². The number of nitrogens with one attached hydrogen (secondary N) is 1. The van der Waals surface area contributed by atoms with Crippen molar-refractivity contribution in [3.8, 4) is 22.8 Å². The van der Waals surface area contributed by atoms with Gasteiger partial charge in [0.05, 0.1) is 11.1 Å². The number of benzene rings is 2. The van der Waals surface area contributed by atoms with Crippen LogP contribution < -0.4 is 14.8 Å². The number of hydrogen-bond acceptors (Lipinski definition) is 5. The Balaban J connectivity index is 0.00000304. The predicted molar refractivity (Wildman–Crippen MR) is 122 cm³/mol. The number of rotatable bonds is 7. The number of aromatic nitrogens is 1. The van der Waals surface area contributed by atoms with Gasteiger partial charge in [-0.25, -0.2) is 0 Å². The molecule has 1 saturated carbocycles. The second-order valence-electron chi connectivity index (χ2n) is 8.64. The minimum absolute atomic E-state index is 0. The summed E-state index contributed by atoms with van der Waals surface area (Å²) in [4.78, 5) is 28.9. The van der Waals surface area contributed by atoms with Crippen molar-refractivity contribution in [3.63, 3.8) is 0 Å². The molecule has 2 aliphatic rings. The summed E-state index contributed by atoms with van der Waals surface area (Å²) in [6.45, 7) is -0.0534. The molecule has 1 aliphatic carbocycles. The lowest BCUT2D eigenvalue weighted by Gasteiger charge is -2.15. The molecule has 5 rings (SSSR count). The highest BCUT2D eigenvalue weighted by Gasteiger charge is 2.51. The Morgan fingerprint density at radius 3 is 2.46 bits per heavy atom. The second-order valence-corrected chi connectivity index (χ2v) is 8.64. The third-order valence-electron chi connectivity index (χ3n) is 6.32. The first-order chi connectivity index (χ1) is 16.7. The van der Waals surface area contributed by atoms with Crippen molar-refractivity contribution in [2.24, 2.45) is 0 Å². The van der Waals surface area contributed by atoms with Crippen molar-refractivity contribution in [1.82, 2.24) is 10.3 Å². The monoisotopic (exact) mass is 484 g/mol. The number of pyridine rings is 1. The lowest BCUT2D eigenvalue weighted by atomic mass is 9.88. The summed E-state index contributed by atoms with van der Waals surface area (Å²) in [7, 11) is 0. The first-order valence-corrected chi connectivity index (χ1v) is 11.1. The van der Waals surface area contributed by atoms with Gasteiger partial charge in [0.15, 0.2) is 11.5 Å². The number of Topliss-reactive ketones (excluding diaryl/α,β-unsaturated/α-hetero) is 1. The number of fused-ring (bicyclic) bond motifs is 1. The summed E-state index contributed by atoms with van der Waals surface area (Å²) in [6, 6.07) is 17.8. The summed E-state index contributed by atoms with van der Waals surface area (Å²) in [5.74, 6) is -0.546. The molecular formula is C26H23F3N2O4. The number of nitrogens with zero attached hydrogens (tertiary/aromatic N) is 1. The Morgan fingerprint density at radius 2 is 1.74 bits per heavy atom. The Labute approximate surface area is 200 Å². The lowest BCUT2D eigenvalue weighted by molar-refractivity contribution is -0.173. The van der Waals surface area contributed by atoms with Crippen molar-refractivity contribution in [1.29, 1.82) is 0 Å². The number of halogens is 3. The van der Waals surface area contributed by atoms with E-state index in [1.165, 1.54) is 0 Å². The maximum absolute atomic E-state index is 13.3. The van der Waals surface area contributed by atoms with Crippen molar-refractivity contribution < 1.29 is 33.7 Å². The van der Waals surface area contributed by atoms with Crippen LogP contribution in [0.4, 0.5) is 13.2 Å². The summed E-state index contributed by atoms with van der Waals surface area (Å²) < 4.78 is 47.8. The Hall–Kier alpha value is -3.88. The van der Waals surface area contributed by atoms with E-state index in [0.29, 0.717) is 28.5 Å². The Kier molecular flexibility index (Phi) is 5.70.